The average Bonchev–Trinajstić information content (AvgIpc) is 3.40. The van der Waals surface area contributed by atoms with Crippen LogP contribution in [-0.2, 0) is 13.1 Å². The number of anilines is 1. The van der Waals surface area contributed by atoms with E-state index < -0.39 is 0 Å². The maximum atomic E-state index is 5.54. The Bertz CT molecular complexity index is 849. The molecule has 3 aromatic rings. The first-order valence-electron chi connectivity index (χ1n) is 9.70. The molecule has 0 unspecified atom stereocenters. The molecule has 0 atom stereocenters. The fraction of sp³-hybridized carbons (Fsp3) is 0.429. The molecule has 1 saturated heterocycles. The zero-order chi connectivity index (χ0) is 18.6. The Morgan fingerprint density at radius 1 is 1.19 bits per heavy atom. The van der Waals surface area contributed by atoms with Crippen LogP contribution in [0.25, 0.3) is 11.3 Å². The van der Waals surface area contributed by atoms with Gasteiger partial charge < -0.3 is 13.9 Å². The Morgan fingerprint density at radius 3 is 2.78 bits per heavy atom. The van der Waals surface area contributed by atoms with E-state index in [4.69, 9.17) is 4.42 Å². The number of hydrogen-bond acceptors (Lipinski definition) is 5. The van der Waals surface area contributed by atoms with Gasteiger partial charge in [0.25, 0.3) is 0 Å². The van der Waals surface area contributed by atoms with Crippen LogP contribution in [0.1, 0.15) is 25.6 Å². The second kappa shape index (κ2) is 7.96. The van der Waals surface area contributed by atoms with E-state index >= 15 is 0 Å². The number of furan rings is 1. The molecule has 1 aliphatic rings. The number of nitrogens with zero attached hydrogens (tertiary/aromatic N) is 5. The van der Waals surface area contributed by atoms with Crippen LogP contribution in [0.5, 0.6) is 0 Å². The summed E-state index contributed by atoms with van der Waals surface area (Å²) < 4.78 is 7.66. The van der Waals surface area contributed by atoms with Crippen LogP contribution in [0, 0.1) is 0 Å². The average molecular weight is 365 g/mol. The van der Waals surface area contributed by atoms with Crippen LogP contribution in [0.4, 0.5) is 5.69 Å². The molecule has 0 aliphatic carbocycles. The van der Waals surface area contributed by atoms with Crippen molar-refractivity contribution in [1.82, 2.24) is 19.7 Å². The third kappa shape index (κ3) is 3.90. The highest BCUT2D eigenvalue weighted by Gasteiger charge is 2.24. The molecule has 3 heterocycles. The highest BCUT2D eigenvalue weighted by Crippen LogP contribution is 2.28. The van der Waals surface area contributed by atoms with E-state index in [0.29, 0.717) is 6.04 Å². The Balaban J connectivity index is 1.37. The molecule has 0 amide bonds. The third-order valence-corrected chi connectivity index (χ3v) is 5.53. The summed E-state index contributed by atoms with van der Waals surface area (Å²) >= 11 is 0. The smallest absolute Gasteiger partial charge is 0.146 e. The molecule has 27 heavy (non-hydrogen) atoms. The predicted molar refractivity (Wildman–Crippen MR) is 107 cm³/mol. The van der Waals surface area contributed by atoms with E-state index in [2.05, 4.69) is 62.8 Å². The molecule has 1 fully saturated rings. The van der Waals surface area contributed by atoms with E-state index in [0.717, 1.165) is 56.2 Å². The zero-order valence-corrected chi connectivity index (χ0v) is 16.1. The Labute approximate surface area is 160 Å². The Morgan fingerprint density at radius 2 is 2.04 bits per heavy atom. The van der Waals surface area contributed by atoms with Crippen molar-refractivity contribution in [2.45, 2.75) is 38.9 Å². The topological polar surface area (TPSA) is 50.3 Å². The number of benzene rings is 1. The van der Waals surface area contributed by atoms with Crippen molar-refractivity contribution in [2.75, 3.05) is 25.0 Å². The van der Waals surface area contributed by atoms with Gasteiger partial charge in [0.1, 0.15) is 17.9 Å². The summed E-state index contributed by atoms with van der Waals surface area (Å²) in [6.45, 7) is 6.03. The van der Waals surface area contributed by atoms with Gasteiger partial charge in [0.15, 0.2) is 0 Å². The van der Waals surface area contributed by atoms with Gasteiger partial charge in [-0.25, -0.2) is 0 Å². The quantitative estimate of drug-likeness (QED) is 0.667. The van der Waals surface area contributed by atoms with Crippen molar-refractivity contribution >= 4 is 5.69 Å². The Hall–Kier alpha value is -2.60. The van der Waals surface area contributed by atoms with Gasteiger partial charge in [0, 0.05) is 36.9 Å². The monoisotopic (exact) mass is 365 g/mol. The molecule has 1 aliphatic heterocycles. The number of hydrogen-bond donors (Lipinski definition) is 0. The first-order chi connectivity index (χ1) is 13.2. The van der Waals surface area contributed by atoms with E-state index in [1.165, 1.54) is 5.69 Å². The van der Waals surface area contributed by atoms with Gasteiger partial charge in [0.05, 0.1) is 12.8 Å². The molecule has 2 aromatic heterocycles. The number of piperidine rings is 1. The lowest BCUT2D eigenvalue weighted by Crippen LogP contribution is -2.43. The number of aromatic nitrogens is 3. The molecule has 0 saturated carbocycles. The fourth-order valence-corrected chi connectivity index (χ4v) is 3.88. The normalized spacial score (nSPS) is 15.6. The largest absolute Gasteiger partial charge is 0.464 e. The molecule has 0 bridgehead atoms. The van der Waals surface area contributed by atoms with Crippen molar-refractivity contribution in [3.8, 4) is 11.3 Å². The highest BCUT2D eigenvalue weighted by molar-refractivity contribution is 5.64. The van der Waals surface area contributed by atoms with Crippen molar-refractivity contribution in [3.05, 3.63) is 54.8 Å². The summed E-state index contributed by atoms with van der Waals surface area (Å²) in [6.07, 6.45) is 5.85. The van der Waals surface area contributed by atoms with Crippen LogP contribution < -0.4 is 4.90 Å². The summed E-state index contributed by atoms with van der Waals surface area (Å²) in [7, 11) is 2.20. The maximum Gasteiger partial charge on any atom is 0.146 e. The summed E-state index contributed by atoms with van der Waals surface area (Å²) in [5.41, 5.74) is 2.41. The van der Waals surface area contributed by atoms with E-state index in [-0.39, 0.29) is 0 Å². The molecule has 1 aromatic carbocycles. The van der Waals surface area contributed by atoms with Gasteiger partial charge >= 0.3 is 0 Å². The van der Waals surface area contributed by atoms with Gasteiger partial charge in [-0.1, -0.05) is 12.1 Å². The molecule has 0 N–H and O–H groups in total. The summed E-state index contributed by atoms with van der Waals surface area (Å²) in [6, 6.07) is 13.2. The molecule has 4 rings (SSSR count). The molecule has 142 valence electrons. The minimum atomic E-state index is 0.580. The SMILES string of the molecule is CCn1cnnc1CN(C)C1CCN(c2cccc(-c3ccco3)c2)CC1. The van der Waals surface area contributed by atoms with Gasteiger partial charge in [-0.2, -0.15) is 0 Å². The standard InChI is InChI=1S/C21H27N5O/c1-3-25-16-22-23-21(25)15-24(2)18-9-11-26(12-10-18)19-7-4-6-17(14-19)20-8-5-13-27-20/h4-8,13-14,16,18H,3,9-12,15H2,1-2H3. The van der Waals surface area contributed by atoms with E-state index in [1.807, 2.05) is 18.5 Å². The van der Waals surface area contributed by atoms with Gasteiger partial charge in [-0.15, -0.1) is 10.2 Å². The lowest BCUT2D eigenvalue weighted by atomic mass is 10.0. The molecule has 0 spiro atoms. The first-order valence-corrected chi connectivity index (χ1v) is 9.70. The van der Waals surface area contributed by atoms with E-state index in [9.17, 15) is 0 Å². The fourth-order valence-electron chi connectivity index (χ4n) is 3.88. The highest BCUT2D eigenvalue weighted by atomic mass is 16.3. The molecule has 6 nitrogen and oxygen atoms in total. The maximum absolute atomic E-state index is 5.54. The summed E-state index contributed by atoms with van der Waals surface area (Å²) in [5, 5.41) is 8.31. The van der Waals surface area contributed by atoms with Crippen molar-refractivity contribution in [3.63, 3.8) is 0 Å². The zero-order valence-electron chi connectivity index (χ0n) is 16.1. The minimum absolute atomic E-state index is 0.580. The van der Waals surface area contributed by atoms with Crippen LogP contribution >= 0.6 is 0 Å². The van der Waals surface area contributed by atoms with Crippen molar-refractivity contribution in [1.29, 1.82) is 0 Å². The van der Waals surface area contributed by atoms with Crippen LogP contribution in [-0.4, -0.2) is 45.8 Å². The Kier molecular flexibility index (Phi) is 5.25. The van der Waals surface area contributed by atoms with Crippen LogP contribution in [0.15, 0.2) is 53.4 Å². The number of rotatable bonds is 6. The summed E-state index contributed by atoms with van der Waals surface area (Å²) in [4.78, 5) is 4.90. The van der Waals surface area contributed by atoms with Crippen molar-refractivity contribution < 1.29 is 4.42 Å². The molecule has 6 heteroatoms. The van der Waals surface area contributed by atoms with E-state index in [1.54, 1.807) is 6.26 Å². The van der Waals surface area contributed by atoms with Crippen molar-refractivity contribution in [2.24, 2.45) is 0 Å². The molecular weight excluding hydrogens is 338 g/mol. The third-order valence-electron chi connectivity index (χ3n) is 5.53. The van der Waals surface area contributed by atoms with Crippen LogP contribution in [0.2, 0.25) is 0 Å². The van der Waals surface area contributed by atoms with Gasteiger partial charge in [0.2, 0.25) is 0 Å². The lowest BCUT2D eigenvalue weighted by molar-refractivity contribution is 0.193. The molecular formula is C21H27N5O. The van der Waals surface area contributed by atoms with Crippen LogP contribution in [0.3, 0.4) is 0 Å². The first kappa shape index (κ1) is 17.8. The predicted octanol–water partition coefficient (Wildman–Crippen LogP) is 3.66. The second-order valence-corrected chi connectivity index (χ2v) is 7.19. The second-order valence-electron chi connectivity index (χ2n) is 7.19. The lowest BCUT2D eigenvalue weighted by Gasteiger charge is -2.37. The molecule has 0 radical (unpaired) electrons. The minimum Gasteiger partial charge on any atom is -0.464 e. The van der Waals surface area contributed by atoms with Gasteiger partial charge in [-0.3, -0.25) is 4.90 Å². The summed E-state index contributed by atoms with van der Waals surface area (Å²) in [5.74, 6) is 1.97. The number of aryl methyl sites for hydroxylation is 1. The van der Waals surface area contributed by atoms with Gasteiger partial charge in [-0.05, 0) is 51.1 Å².